The third kappa shape index (κ3) is 4.41. The third-order valence-electron chi connectivity index (χ3n) is 6.55. The first-order valence-electron chi connectivity index (χ1n) is 11.6. The van der Waals surface area contributed by atoms with E-state index >= 15 is 0 Å². The highest BCUT2D eigenvalue weighted by molar-refractivity contribution is 5.95. The van der Waals surface area contributed by atoms with Crippen LogP contribution < -0.4 is 5.32 Å². The van der Waals surface area contributed by atoms with E-state index in [0.29, 0.717) is 0 Å². The minimum atomic E-state index is -1.20. The Morgan fingerprint density at radius 2 is 1.49 bits per heavy atom. The Kier molecular flexibility index (Phi) is 6.06. The van der Waals surface area contributed by atoms with E-state index in [1.165, 1.54) is 0 Å². The number of carboxylic acids is 1. The summed E-state index contributed by atoms with van der Waals surface area (Å²) in [5.41, 5.74) is 1.67. The van der Waals surface area contributed by atoms with Crippen LogP contribution in [0.1, 0.15) is 17.0 Å². The van der Waals surface area contributed by atoms with Crippen LogP contribution in [0.4, 0.5) is 0 Å². The summed E-state index contributed by atoms with van der Waals surface area (Å²) in [6.07, 6.45) is 9.87. The molecule has 0 saturated heterocycles. The number of aromatic nitrogens is 1. The monoisotopic (exact) mass is 462 g/mol. The highest BCUT2D eigenvalue weighted by atomic mass is 16.4. The summed E-state index contributed by atoms with van der Waals surface area (Å²) in [5.74, 6) is -1.43. The van der Waals surface area contributed by atoms with Gasteiger partial charge in [0.15, 0.2) is 5.54 Å². The average Bonchev–Trinajstić information content (AvgIpc) is 3.34. The quantitative estimate of drug-likeness (QED) is 0.377. The van der Waals surface area contributed by atoms with E-state index in [1.54, 1.807) is 0 Å². The molecule has 0 radical (unpaired) electrons. The fourth-order valence-corrected chi connectivity index (χ4v) is 4.67. The molecular formula is C30H26N2O3. The van der Waals surface area contributed by atoms with Crippen LogP contribution in [0.15, 0.2) is 121 Å². The Bertz CT molecular complexity index is 1390. The molecule has 1 aromatic heterocycles. The minimum Gasteiger partial charge on any atom is -0.480 e. The lowest BCUT2D eigenvalue weighted by Crippen LogP contribution is -2.52. The van der Waals surface area contributed by atoms with Crippen molar-refractivity contribution in [3.05, 3.63) is 133 Å². The molecule has 5 nitrogen and oxygen atoms in total. The van der Waals surface area contributed by atoms with E-state index in [9.17, 15) is 14.7 Å². The maximum absolute atomic E-state index is 13.9. The van der Waals surface area contributed by atoms with Gasteiger partial charge in [-0.05, 0) is 40.8 Å². The van der Waals surface area contributed by atoms with Crippen molar-refractivity contribution < 1.29 is 14.7 Å². The maximum Gasteiger partial charge on any atom is 0.326 e. The molecule has 1 amide bonds. The standard InChI is InChI=1S/C30H26N2O3/c33-28(34)26(21-22-9-3-1-4-10-22)31-29(35)30(32-20-17-25-13-7-8-14-27(25)32)18-15-24(16-19-30)23-11-5-2-6-12-23/h1-20,24,26H,21H2,(H,31,35)(H,33,34)/t24?,26-,30?/m0/s1. The van der Waals surface area contributed by atoms with Gasteiger partial charge in [0.2, 0.25) is 0 Å². The Labute approximate surface area is 204 Å². The molecule has 0 spiro atoms. The molecule has 0 saturated carbocycles. The number of hydrogen-bond acceptors (Lipinski definition) is 2. The lowest BCUT2D eigenvalue weighted by Gasteiger charge is -2.33. The summed E-state index contributed by atoms with van der Waals surface area (Å²) in [6.45, 7) is 0. The number of fused-ring (bicyclic) bond motifs is 1. The van der Waals surface area contributed by atoms with Gasteiger partial charge in [-0.1, -0.05) is 91.0 Å². The molecule has 1 aliphatic rings. The van der Waals surface area contributed by atoms with Crippen LogP contribution in [0, 0.1) is 0 Å². The zero-order valence-corrected chi connectivity index (χ0v) is 19.1. The highest BCUT2D eigenvalue weighted by Gasteiger charge is 2.40. The summed E-state index contributed by atoms with van der Waals surface area (Å²) >= 11 is 0. The molecule has 1 heterocycles. The molecule has 5 heteroatoms. The van der Waals surface area contributed by atoms with Crippen molar-refractivity contribution in [3.63, 3.8) is 0 Å². The van der Waals surface area contributed by atoms with Gasteiger partial charge < -0.3 is 15.0 Å². The fraction of sp³-hybridized carbons (Fsp3) is 0.133. The smallest absolute Gasteiger partial charge is 0.326 e. The SMILES string of the molecule is O=C(O)[C@H](Cc1ccccc1)NC(=O)C1(n2ccc3ccccc32)C=CC(c2ccccc2)C=C1. The van der Waals surface area contributed by atoms with Gasteiger partial charge in [0.05, 0.1) is 0 Å². The number of hydrogen-bond donors (Lipinski definition) is 2. The molecule has 0 fully saturated rings. The fourth-order valence-electron chi connectivity index (χ4n) is 4.67. The largest absolute Gasteiger partial charge is 0.480 e. The third-order valence-corrected chi connectivity index (χ3v) is 6.55. The van der Waals surface area contributed by atoms with Crippen LogP contribution >= 0.6 is 0 Å². The number of nitrogens with one attached hydrogen (secondary N) is 1. The summed E-state index contributed by atoms with van der Waals surface area (Å²) in [7, 11) is 0. The van der Waals surface area contributed by atoms with Crippen molar-refractivity contribution in [3.8, 4) is 0 Å². The van der Waals surface area contributed by atoms with Crippen LogP contribution in [0.25, 0.3) is 10.9 Å². The van der Waals surface area contributed by atoms with Crippen molar-refractivity contribution in [2.75, 3.05) is 0 Å². The lowest BCUT2D eigenvalue weighted by atomic mass is 9.85. The zero-order valence-electron chi connectivity index (χ0n) is 19.1. The molecule has 3 aromatic carbocycles. The number of aliphatic carboxylic acids is 1. The number of nitrogens with zero attached hydrogens (tertiary/aromatic N) is 1. The number of carbonyl (C=O) groups is 2. The number of amides is 1. The molecule has 1 aliphatic carbocycles. The van der Waals surface area contributed by atoms with Crippen LogP contribution in [-0.2, 0) is 21.5 Å². The summed E-state index contributed by atoms with van der Waals surface area (Å²) < 4.78 is 1.91. The van der Waals surface area contributed by atoms with E-state index in [1.807, 2.05) is 114 Å². The second kappa shape index (κ2) is 9.47. The second-order valence-electron chi connectivity index (χ2n) is 8.78. The Hall–Kier alpha value is -4.38. The first kappa shape index (κ1) is 22.4. The minimum absolute atomic E-state index is 0.0264. The summed E-state index contributed by atoms with van der Waals surface area (Å²) in [5, 5.41) is 13.7. The molecule has 0 unspecified atom stereocenters. The highest BCUT2D eigenvalue weighted by Crippen LogP contribution is 2.34. The summed E-state index contributed by atoms with van der Waals surface area (Å²) in [6, 6.07) is 28.2. The van der Waals surface area contributed by atoms with Crippen molar-refractivity contribution in [2.45, 2.75) is 23.9 Å². The van der Waals surface area contributed by atoms with E-state index in [4.69, 9.17) is 0 Å². The van der Waals surface area contributed by atoms with Gasteiger partial charge in [-0.25, -0.2) is 4.79 Å². The van der Waals surface area contributed by atoms with E-state index in [0.717, 1.165) is 22.0 Å². The Morgan fingerprint density at radius 1 is 0.857 bits per heavy atom. The van der Waals surface area contributed by atoms with Crippen LogP contribution in [0.3, 0.4) is 0 Å². The Morgan fingerprint density at radius 3 is 2.17 bits per heavy atom. The number of allylic oxidation sites excluding steroid dienone is 2. The molecule has 35 heavy (non-hydrogen) atoms. The molecule has 2 N–H and O–H groups in total. The second-order valence-corrected chi connectivity index (χ2v) is 8.78. The van der Waals surface area contributed by atoms with E-state index in [-0.39, 0.29) is 18.2 Å². The molecule has 0 bridgehead atoms. The predicted molar refractivity (Wildman–Crippen MR) is 137 cm³/mol. The molecule has 174 valence electrons. The zero-order chi connectivity index (χ0) is 24.3. The topological polar surface area (TPSA) is 71.3 Å². The van der Waals surface area contributed by atoms with Gasteiger partial charge in [0, 0.05) is 24.1 Å². The first-order chi connectivity index (χ1) is 17.1. The van der Waals surface area contributed by atoms with Crippen molar-refractivity contribution in [1.82, 2.24) is 9.88 Å². The van der Waals surface area contributed by atoms with Gasteiger partial charge in [0.25, 0.3) is 5.91 Å². The van der Waals surface area contributed by atoms with Crippen LogP contribution in [-0.4, -0.2) is 27.6 Å². The van der Waals surface area contributed by atoms with Crippen LogP contribution in [0.5, 0.6) is 0 Å². The first-order valence-corrected chi connectivity index (χ1v) is 11.6. The van der Waals surface area contributed by atoms with Crippen molar-refractivity contribution >= 4 is 22.8 Å². The average molecular weight is 463 g/mol. The van der Waals surface area contributed by atoms with Gasteiger partial charge in [-0.3, -0.25) is 4.79 Å². The maximum atomic E-state index is 13.9. The van der Waals surface area contributed by atoms with E-state index < -0.39 is 17.6 Å². The number of para-hydroxylation sites is 1. The number of benzene rings is 3. The van der Waals surface area contributed by atoms with Gasteiger partial charge in [-0.2, -0.15) is 0 Å². The van der Waals surface area contributed by atoms with Crippen LogP contribution in [0.2, 0.25) is 0 Å². The Balaban J connectivity index is 1.52. The molecule has 5 rings (SSSR count). The van der Waals surface area contributed by atoms with Gasteiger partial charge in [0.1, 0.15) is 6.04 Å². The van der Waals surface area contributed by atoms with Crippen molar-refractivity contribution in [2.24, 2.45) is 0 Å². The van der Waals surface area contributed by atoms with Crippen molar-refractivity contribution in [1.29, 1.82) is 0 Å². The molecule has 1 atom stereocenters. The number of carboxylic acid groups (broad SMARTS) is 1. The normalized spacial score (nSPS) is 19.9. The molecule has 0 aliphatic heterocycles. The predicted octanol–water partition coefficient (Wildman–Crippen LogP) is 5.06. The molecular weight excluding hydrogens is 436 g/mol. The van der Waals surface area contributed by atoms with Gasteiger partial charge in [-0.15, -0.1) is 0 Å². The number of carbonyl (C=O) groups excluding carboxylic acids is 1. The number of rotatable bonds is 7. The summed E-state index contributed by atoms with van der Waals surface area (Å²) in [4.78, 5) is 26.0. The van der Waals surface area contributed by atoms with Gasteiger partial charge >= 0.3 is 5.97 Å². The molecule has 4 aromatic rings. The van der Waals surface area contributed by atoms with E-state index in [2.05, 4.69) is 17.4 Å². The lowest BCUT2D eigenvalue weighted by molar-refractivity contribution is -0.142.